The number of carbonyl (C=O) groups is 1. The molecule has 1 saturated heterocycles. The number of hydrogen-bond acceptors (Lipinski definition) is 3. The Morgan fingerprint density at radius 1 is 1.73 bits per heavy atom. The zero-order valence-corrected chi connectivity index (χ0v) is 9.43. The van der Waals surface area contributed by atoms with Crippen molar-refractivity contribution in [1.29, 1.82) is 0 Å². The van der Waals surface area contributed by atoms with E-state index in [4.69, 9.17) is 5.11 Å². The van der Waals surface area contributed by atoms with Crippen molar-refractivity contribution >= 4 is 17.7 Å². The summed E-state index contributed by atoms with van der Waals surface area (Å²) in [5.74, 6) is 2.08. The van der Waals surface area contributed by atoms with Gasteiger partial charge in [-0.05, 0) is 18.6 Å². The highest BCUT2D eigenvalue weighted by Gasteiger charge is 2.32. The maximum atomic E-state index is 10.7. The lowest BCUT2D eigenvalue weighted by molar-refractivity contribution is 0.0691. The predicted octanol–water partition coefficient (Wildman–Crippen LogP) is 1.89. The molecule has 2 rings (SSSR count). The molecule has 1 unspecified atom stereocenters. The fraction of sp³-hybridized carbons (Fsp3) is 0.600. The van der Waals surface area contributed by atoms with Crippen LogP contribution in [0.4, 0.5) is 0 Å². The summed E-state index contributed by atoms with van der Waals surface area (Å²) in [7, 11) is 0. The molecule has 82 valence electrons. The van der Waals surface area contributed by atoms with Gasteiger partial charge in [0.25, 0.3) is 0 Å². The number of nitrogens with one attached hydrogen (secondary N) is 1. The Bertz CT molecular complexity index is 369. The number of aromatic nitrogens is 2. The highest BCUT2D eigenvalue weighted by Crippen LogP contribution is 2.35. The Balaban J connectivity index is 2.23. The second-order valence-corrected chi connectivity index (χ2v) is 5.27. The Morgan fingerprint density at radius 3 is 3.07 bits per heavy atom. The lowest BCUT2D eigenvalue weighted by Crippen LogP contribution is -2.30. The molecule has 1 aliphatic heterocycles. The van der Waals surface area contributed by atoms with Gasteiger partial charge in [-0.2, -0.15) is 11.8 Å². The number of rotatable bonds is 2. The predicted molar refractivity (Wildman–Crippen MR) is 59.5 cm³/mol. The summed E-state index contributed by atoms with van der Waals surface area (Å²) in [5.41, 5.74) is 0.193. The molecule has 0 aromatic carbocycles. The first-order chi connectivity index (χ1) is 7.12. The molecule has 2 N–H and O–H groups in total. The number of imidazole rings is 1. The van der Waals surface area contributed by atoms with E-state index in [1.54, 1.807) is 0 Å². The number of H-pyrrole nitrogens is 1. The molecular formula is C10H14N2O2S. The molecule has 1 aromatic rings. The van der Waals surface area contributed by atoms with Crippen LogP contribution in [0.1, 0.15) is 36.1 Å². The highest BCUT2D eigenvalue weighted by molar-refractivity contribution is 7.99. The number of aromatic amines is 1. The molecule has 1 fully saturated rings. The van der Waals surface area contributed by atoms with Crippen molar-refractivity contribution in [2.24, 2.45) is 0 Å². The van der Waals surface area contributed by atoms with Gasteiger partial charge in [-0.25, -0.2) is 9.78 Å². The number of aromatic carboxylic acids is 1. The molecule has 0 spiro atoms. The van der Waals surface area contributed by atoms with Crippen LogP contribution in [0.5, 0.6) is 0 Å². The molecule has 0 aliphatic carbocycles. The van der Waals surface area contributed by atoms with Crippen molar-refractivity contribution in [3.63, 3.8) is 0 Å². The number of thioether (sulfide) groups is 1. The Morgan fingerprint density at radius 2 is 2.53 bits per heavy atom. The van der Waals surface area contributed by atoms with Crippen LogP contribution in [-0.4, -0.2) is 32.5 Å². The molecule has 0 radical (unpaired) electrons. The van der Waals surface area contributed by atoms with E-state index in [-0.39, 0.29) is 11.1 Å². The second kappa shape index (κ2) is 3.89. The molecule has 2 heterocycles. The number of carboxylic acids is 1. The van der Waals surface area contributed by atoms with Crippen LogP contribution >= 0.6 is 11.8 Å². The quantitative estimate of drug-likeness (QED) is 0.808. The van der Waals surface area contributed by atoms with E-state index < -0.39 is 5.97 Å². The topological polar surface area (TPSA) is 66.0 Å². The Kier molecular flexibility index (Phi) is 2.73. The molecule has 0 amide bonds. The molecule has 15 heavy (non-hydrogen) atoms. The van der Waals surface area contributed by atoms with Gasteiger partial charge in [-0.15, -0.1) is 0 Å². The highest BCUT2D eigenvalue weighted by atomic mass is 32.2. The van der Waals surface area contributed by atoms with E-state index in [0.717, 1.165) is 18.0 Å². The summed E-state index contributed by atoms with van der Waals surface area (Å²) in [6, 6.07) is 0. The summed E-state index contributed by atoms with van der Waals surface area (Å²) < 4.78 is 0. The van der Waals surface area contributed by atoms with Gasteiger partial charge in [0.1, 0.15) is 11.5 Å². The van der Waals surface area contributed by atoms with Gasteiger partial charge in [0, 0.05) is 11.2 Å². The molecule has 5 heteroatoms. The number of hydrogen-bond donors (Lipinski definition) is 2. The fourth-order valence-corrected chi connectivity index (χ4v) is 3.08. The minimum Gasteiger partial charge on any atom is -0.477 e. The summed E-state index contributed by atoms with van der Waals surface area (Å²) in [6.45, 7) is 2.14. The largest absolute Gasteiger partial charge is 0.477 e. The summed E-state index contributed by atoms with van der Waals surface area (Å²) >= 11 is 1.91. The normalized spacial score (nSPS) is 26.5. The van der Waals surface area contributed by atoms with E-state index in [9.17, 15) is 4.79 Å². The van der Waals surface area contributed by atoms with Crippen molar-refractivity contribution in [3.05, 3.63) is 17.7 Å². The van der Waals surface area contributed by atoms with E-state index in [0.29, 0.717) is 0 Å². The second-order valence-electron chi connectivity index (χ2n) is 4.17. The van der Waals surface area contributed by atoms with Crippen molar-refractivity contribution in [1.82, 2.24) is 9.97 Å². The van der Waals surface area contributed by atoms with E-state index in [1.807, 2.05) is 11.8 Å². The van der Waals surface area contributed by atoms with Gasteiger partial charge in [0.2, 0.25) is 0 Å². The zero-order valence-electron chi connectivity index (χ0n) is 8.62. The van der Waals surface area contributed by atoms with Crippen molar-refractivity contribution < 1.29 is 9.90 Å². The maximum Gasteiger partial charge on any atom is 0.353 e. The molecule has 0 saturated carbocycles. The smallest absolute Gasteiger partial charge is 0.353 e. The monoisotopic (exact) mass is 226 g/mol. The van der Waals surface area contributed by atoms with Crippen LogP contribution in [-0.2, 0) is 5.41 Å². The average molecular weight is 226 g/mol. The lowest BCUT2D eigenvalue weighted by atomic mass is 9.86. The molecule has 1 aliphatic rings. The maximum absolute atomic E-state index is 10.7. The summed E-state index contributed by atoms with van der Waals surface area (Å²) in [4.78, 5) is 17.8. The van der Waals surface area contributed by atoms with E-state index >= 15 is 0 Å². The van der Waals surface area contributed by atoms with Crippen LogP contribution in [0.3, 0.4) is 0 Å². The van der Waals surface area contributed by atoms with Gasteiger partial charge in [0.15, 0.2) is 0 Å². The van der Waals surface area contributed by atoms with E-state index in [1.165, 1.54) is 18.4 Å². The minimum atomic E-state index is -0.944. The van der Waals surface area contributed by atoms with Crippen LogP contribution in [0, 0.1) is 0 Å². The number of carboxylic acid groups (broad SMARTS) is 1. The molecule has 4 nitrogen and oxygen atoms in total. The third kappa shape index (κ3) is 2.02. The van der Waals surface area contributed by atoms with Crippen LogP contribution < -0.4 is 0 Å². The fourth-order valence-electron chi connectivity index (χ4n) is 1.86. The van der Waals surface area contributed by atoms with Gasteiger partial charge in [0.05, 0.1) is 6.20 Å². The van der Waals surface area contributed by atoms with Crippen molar-refractivity contribution in [2.75, 3.05) is 11.5 Å². The lowest BCUT2D eigenvalue weighted by Gasteiger charge is -2.30. The first kappa shape index (κ1) is 10.5. The summed E-state index contributed by atoms with van der Waals surface area (Å²) in [6.07, 6.45) is 3.65. The third-order valence-electron chi connectivity index (χ3n) is 2.82. The van der Waals surface area contributed by atoms with Gasteiger partial charge >= 0.3 is 5.97 Å². The Hall–Kier alpha value is -0.970. The standard InChI is InChI=1S/C10H14N2O2S/c1-10(3-2-4-15-6-10)9-11-5-7(12-9)8(13)14/h5H,2-4,6H2,1H3,(H,11,12)(H,13,14). The van der Waals surface area contributed by atoms with Gasteiger partial charge in [-0.3, -0.25) is 0 Å². The van der Waals surface area contributed by atoms with Crippen molar-refractivity contribution in [2.45, 2.75) is 25.2 Å². The van der Waals surface area contributed by atoms with Crippen LogP contribution in [0.15, 0.2) is 6.20 Å². The van der Waals surface area contributed by atoms with Gasteiger partial charge < -0.3 is 10.1 Å². The first-order valence-electron chi connectivity index (χ1n) is 4.98. The summed E-state index contributed by atoms with van der Waals surface area (Å²) in [5, 5.41) is 8.80. The van der Waals surface area contributed by atoms with Crippen molar-refractivity contribution in [3.8, 4) is 0 Å². The minimum absolute atomic E-state index is 0.0105. The van der Waals surface area contributed by atoms with Crippen LogP contribution in [0.2, 0.25) is 0 Å². The molecule has 0 bridgehead atoms. The number of nitrogens with zero attached hydrogens (tertiary/aromatic N) is 1. The van der Waals surface area contributed by atoms with Gasteiger partial charge in [-0.1, -0.05) is 6.92 Å². The SMILES string of the molecule is CC1(c2ncc(C(=O)O)[nH]2)CCCSC1. The van der Waals surface area contributed by atoms with E-state index in [2.05, 4.69) is 16.9 Å². The third-order valence-corrected chi connectivity index (χ3v) is 4.23. The van der Waals surface area contributed by atoms with Crippen LogP contribution in [0.25, 0.3) is 0 Å². The first-order valence-corrected chi connectivity index (χ1v) is 6.14. The molecule has 1 aromatic heterocycles. The Labute approximate surface area is 92.5 Å². The molecule has 1 atom stereocenters. The zero-order chi connectivity index (χ0) is 10.9. The average Bonchev–Trinajstić information content (AvgIpc) is 2.68. The molecular weight excluding hydrogens is 212 g/mol.